The molecule has 1 aliphatic rings. The van der Waals surface area contributed by atoms with Gasteiger partial charge in [-0.1, -0.05) is 6.42 Å². The number of thiazole rings is 1. The Kier molecular flexibility index (Phi) is 4.73. The largest absolute Gasteiger partial charge is 0.397 e. The van der Waals surface area contributed by atoms with Crippen molar-refractivity contribution in [2.45, 2.75) is 32.1 Å². The van der Waals surface area contributed by atoms with Crippen molar-refractivity contribution in [3.05, 3.63) is 52.1 Å². The summed E-state index contributed by atoms with van der Waals surface area (Å²) in [5, 5.41) is 6.20. The highest BCUT2D eigenvalue weighted by Crippen LogP contribution is 2.36. The number of nitrogens with two attached hydrogens (primary N) is 1. The second-order valence-electron chi connectivity index (χ2n) is 7.09. The fourth-order valence-electron chi connectivity index (χ4n) is 3.64. The lowest BCUT2D eigenvalue weighted by Gasteiger charge is -2.04. The molecule has 1 amide bonds. The molecule has 0 bridgehead atoms. The van der Waals surface area contributed by atoms with E-state index in [9.17, 15) is 4.79 Å². The molecule has 0 aliphatic heterocycles. The third kappa shape index (κ3) is 3.49. The number of anilines is 2. The van der Waals surface area contributed by atoms with E-state index in [-0.39, 0.29) is 5.91 Å². The summed E-state index contributed by atoms with van der Waals surface area (Å²) in [6.45, 7) is 0. The Bertz CT molecular complexity index is 1200. The first-order chi connectivity index (χ1) is 14.2. The first kappa shape index (κ1) is 18.2. The highest BCUT2D eigenvalue weighted by molar-refractivity contribution is 7.21. The number of pyridine rings is 2. The maximum atomic E-state index is 12.9. The van der Waals surface area contributed by atoms with E-state index in [1.807, 2.05) is 17.5 Å². The molecule has 3 N–H and O–H groups in total. The Balaban J connectivity index is 1.43. The van der Waals surface area contributed by atoms with Crippen molar-refractivity contribution < 1.29 is 4.79 Å². The van der Waals surface area contributed by atoms with Gasteiger partial charge in [-0.05, 0) is 49.4 Å². The molecule has 0 atom stereocenters. The number of rotatable bonds is 3. The number of thiophene rings is 1. The van der Waals surface area contributed by atoms with Crippen LogP contribution in [0.2, 0.25) is 0 Å². The Morgan fingerprint density at radius 3 is 2.93 bits per heavy atom. The van der Waals surface area contributed by atoms with Gasteiger partial charge in [0, 0.05) is 34.4 Å². The Morgan fingerprint density at radius 1 is 1.17 bits per heavy atom. The van der Waals surface area contributed by atoms with E-state index in [1.54, 1.807) is 12.4 Å². The van der Waals surface area contributed by atoms with Crippen LogP contribution in [-0.2, 0) is 12.8 Å². The van der Waals surface area contributed by atoms with Gasteiger partial charge in [0.05, 0.1) is 11.4 Å². The molecule has 0 unspecified atom stereocenters. The zero-order valence-electron chi connectivity index (χ0n) is 15.6. The predicted octanol–water partition coefficient (Wildman–Crippen LogP) is 4.92. The van der Waals surface area contributed by atoms with Crippen LogP contribution in [-0.4, -0.2) is 20.9 Å². The fraction of sp³-hybridized carbons (Fsp3) is 0.238. The fourth-order valence-corrected chi connectivity index (χ4v) is 5.34. The van der Waals surface area contributed by atoms with Crippen LogP contribution in [0, 0.1) is 0 Å². The second-order valence-corrected chi connectivity index (χ2v) is 8.94. The van der Waals surface area contributed by atoms with Crippen LogP contribution in [0.4, 0.5) is 10.8 Å². The maximum Gasteiger partial charge on any atom is 0.269 e. The maximum absolute atomic E-state index is 12.9. The monoisotopic (exact) mass is 421 g/mol. The zero-order valence-corrected chi connectivity index (χ0v) is 17.3. The third-order valence-electron chi connectivity index (χ3n) is 5.14. The topological polar surface area (TPSA) is 93.8 Å². The number of fused-ring (bicyclic) bond motifs is 2. The van der Waals surface area contributed by atoms with Gasteiger partial charge in [0.25, 0.3) is 5.91 Å². The molecule has 1 aliphatic carbocycles. The van der Waals surface area contributed by atoms with Crippen molar-refractivity contribution in [3.63, 3.8) is 0 Å². The van der Waals surface area contributed by atoms with Gasteiger partial charge in [-0.25, -0.2) is 9.97 Å². The van der Waals surface area contributed by atoms with Crippen molar-refractivity contribution in [1.29, 1.82) is 0 Å². The molecular formula is C21H19N5OS2. The molecule has 29 heavy (non-hydrogen) atoms. The minimum atomic E-state index is -0.243. The van der Waals surface area contributed by atoms with Crippen molar-refractivity contribution >= 4 is 49.6 Å². The number of carbonyl (C=O) groups is 1. The Hall–Kier alpha value is -2.84. The minimum absolute atomic E-state index is 0.243. The van der Waals surface area contributed by atoms with Crippen LogP contribution in [0.1, 0.15) is 40.2 Å². The zero-order chi connectivity index (χ0) is 19.8. The number of hydrogen-bond acceptors (Lipinski definition) is 7. The molecule has 0 fully saturated rings. The van der Waals surface area contributed by atoms with Gasteiger partial charge in [0.1, 0.15) is 9.71 Å². The number of aryl methyl sites for hydroxylation is 2. The lowest BCUT2D eigenvalue weighted by Crippen LogP contribution is -2.11. The minimum Gasteiger partial charge on any atom is -0.397 e. The molecule has 8 heteroatoms. The lowest BCUT2D eigenvalue weighted by atomic mass is 10.1. The summed E-state index contributed by atoms with van der Waals surface area (Å²) in [5.74, 6) is -0.243. The molecule has 4 aromatic heterocycles. The molecule has 0 spiro atoms. The van der Waals surface area contributed by atoms with E-state index in [0.717, 1.165) is 40.0 Å². The summed E-state index contributed by atoms with van der Waals surface area (Å²) in [5.41, 5.74) is 11.0. The summed E-state index contributed by atoms with van der Waals surface area (Å²) >= 11 is 2.73. The average molecular weight is 422 g/mol. The molecule has 0 saturated heterocycles. The highest BCUT2D eigenvalue weighted by Gasteiger charge is 2.21. The summed E-state index contributed by atoms with van der Waals surface area (Å²) in [6, 6.07) is 5.93. The molecule has 4 heterocycles. The number of hydrogen-bond donors (Lipinski definition) is 2. The van der Waals surface area contributed by atoms with Crippen LogP contribution in [0.3, 0.4) is 0 Å². The highest BCUT2D eigenvalue weighted by atomic mass is 32.1. The number of amides is 1. The summed E-state index contributed by atoms with van der Waals surface area (Å²) in [7, 11) is 0. The van der Waals surface area contributed by atoms with Gasteiger partial charge in [-0.2, -0.15) is 0 Å². The molecule has 0 radical (unpaired) electrons. The molecule has 0 saturated carbocycles. The normalized spacial score (nSPS) is 13.8. The number of nitrogens with one attached hydrogen (secondary N) is 1. The van der Waals surface area contributed by atoms with Gasteiger partial charge in [0.15, 0.2) is 5.13 Å². The van der Waals surface area contributed by atoms with Gasteiger partial charge < -0.3 is 5.73 Å². The Morgan fingerprint density at radius 2 is 2.07 bits per heavy atom. The Labute approximate surface area is 175 Å². The smallest absolute Gasteiger partial charge is 0.269 e. The molecular weight excluding hydrogens is 402 g/mol. The summed E-state index contributed by atoms with van der Waals surface area (Å²) in [4.78, 5) is 27.6. The third-order valence-corrected chi connectivity index (χ3v) is 7.01. The quantitative estimate of drug-likeness (QED) is 0.458. The second kappa shape index (κ2) is 7.53. The number of carbonyl (C=O) groups excluding carboxylic acids is 1. The van der Waals surface area contributed by atoms with Crippen LogP contribution in [0.5, 0.6) is 0 Å². The van der Waals surface area contributed by atoms with Crippen molar-refractivity contribution in [2.75, 3.05) is 11.1 Å². The number of aromatic nitrogens is 3. The van der Waals surface area contributed by atoms with Gasteiger partial charge in [-0.15, -0.1) is 22.7 Å². The van der Waals surface area contributed by atoms with Crippen molar-refractivity contribution in [1.82, 2.24) is 15.0 Å². The van der Waals surface area contributed by atoms with E-state index in [2.05, 4.69) is 21.4 Å². The lowest BCUT2D eigenvalue weighted by molar-refractivity contribution is 0.103. The number of nitrogens with zero attached hydrogens (tertiary/aromatic N) is 3. The van der Waals surface area contributed by atoms with Crippen LogP contribution in [0.25, 0.3) is 21.5 Å². The molecule has 4 aromatic rings. The number of nitrogen functional groups attached to an aromatic ring is 1. The van der Waals surface area contributed by atoms with Gasteiger partial charge in [-0.3, -0.25) is 15.1 Å². The van der Waals surface area contributed by atoms with Crippen LogP contribution >= 0.6 is 22.7 Å². The SMILES string of the molecule is Nc1c(C(=O)Nc2nc(-c3cccnc3)cs2)sc2nc3c(cc12)CCCCC3. The molecule has 5 rings (SSSR count). The molecule has 6 nitrogen and oxygen atoms in total. The average Bonchev–Trinajstić information content (AvgIpc) is 3.24. The first-order valence-electron chi connectivity index (χ1n) is 9.57. The van der Waals surface area contributed by atoms with Crippen molar-refractivity contribution in [2.24, 2.45) is 0 Å². The standard InChI is InChI=1S/C21H19N5OS2/c22-17-14-9-12-5-2-1-3-7-15(12)24-20(14)29-18(17)19(27)26-21-25-16(11-28-21)13-6-4-8-23-10-13/h4,6,8-11H,1-3,5,7,22H2,(H,25,26,27). The molecule has 0 aromatic carbocycles. The van der Waals surface area contributed by atoms with Gasteiger partial charge >= 0.3 is 0 Å². The summed E-state index contributed by atoms with van der Waals surface area (Å²) in [6.07, 6.45) is 9.09. The van der Waals surface area contributed by atoms with E-state index < -0.39 is 0 Å². The van der Waals surface area contributed by atoms with E-state index in [0.29, 0.717) is 15.7 Å². The van der Waals surface area contributed by atoms with E-state index in [1.165, 1.54) is 47.5 Å². The van der Waals surface area contributed by atoms with Crippen LogP contribution in [0.15, 0.2) is 36.0 Å². The van der Waals surface area contributed by atoms with Gasteiger partial charge in [0.2, 0.25) is 0 Å². The van der Waals surface area contributed by atoms with Crippen molar-refractivity contribution in [3.8, 4) is 11.3 Å². The van der Waals surface area contributed by atoms with E-state index in [4.69, 9.17) is 10.7 Å². The van der Waals surface area contributed by atoms with Crippen LogP contribution < -0.4 is 11.1 Å². The summed E-state index contributed by atoms with van der Waals surface area (Å²) < 4.78 is 0. The predicted molar refractivity (Wildman–Crippen MR) is 119 cm³/mol. The van der Waals surface area contributed by atoms with E-state index >= 15 is 0 Å². The first-order valence-corrected chi connectivity index (χ1v) is 11.3. The molecule has 146 valence electrons.